The highest BCUT2D eigenvalue weighted by Gasteiger charge is 2.08. The molecule has 0 heterocycles. The molecule has 102 valence electrons. The number of carbonyl (C=O) groups excluding carboxylic acids is 1. The number of hydrogen-bond acceptors (Lipinski definition) is 2. The van der Waals surface area contributed by atoms with Gasteiger partial charge in [0.2, 0.25) is 0 Å². The zero-order valence-corrected chi connectivity index (χ0v) is 13.1. The Morgan fingerprint density at radius 1 is 1.30 bits per heavy atom. The molecule has 0 fully saturated rings. The summed E-state index contributed by atoms with van der Waals surface area (Å²) in [5.41, 5.74) is 4.75. The molecular weight excluding hydrogens is 340 g/mol. The second-order valence-electron chi connectivity index (χ2n) is 4.24. The predicted molar refractivity (Wildman–Crippen MR) is 85.4 cm³/mol. The first-order valence-corrected chi connectivity index (χ1v) is 7.08. The fourth-order valence-electron chi connectivity index (χ4n) is 1.62. The molecule has 0 spiro atoms. The molecule has 0 unspecified atom stereocenters. The number of rotatable bonds is 3. The molecule has 0 radical (unpaired) electrons. The SMILES string of the molecule is Cc1ccc(C(=O)N/N=C/c2cccc(Br)c2)c(Cl)c1. The second-order valence-corrected chi connectivity index (χ2v) is 5.56. The van der Waals surface area contributed by atoms with E-state index >= 15 is 0 Å². The molecule has 0 aromatic heterocycles. The van der Waals surface area contributed by atoms with Crippen LogP contribution in [0.3, 0.4) is 0 Å². The number of halogens is 2. The highest BCUT2D eigenvalue weighted by molar-refractivity contribution is 9.10. The number of hydrazone groups is 1. The average molecular weight is 352 g/mol. The van der Waals surface area contributed by atoms with Gasteiger partial charge in [-0.3, -0.25) is 4.79 Å². The van der Waals surface area contributed by atoms with E-state index in [4.69, 9.17) is 11.6 Å². The average Bonchev–Trinajstić information content (AvgIpc) is 2.38. The van der Waals surface area contributed by atoms with Crippen LogP contribution in [0.4, 0.5) is 0 Å². The Morgan fingerprint density at radius 2 is 2.10 bits per heavy atom. The summed E-state index contributed by atoms with van der Waals surface area (Å²) < 4.78 is 0.953. The zero-order valence-electron chi connectivity index (χ0n) is 10.7. The van der Waals surface area contributed by atoms with Gasteiger partial charge in [0.15, 0.2) is 0 Å². The lowest BCUT2D eigenvalue weighted by Gasteiger charge is -2.03. The molecule has 0 saturated heterocycles. The highest BCUT2D eigenvalue weighted by Crippen LogP contribution is 2.17. The van der Waals surface area contributed by atoms with E-state index in [-0.39, 0.29) is 5.91 Å². The Kier molecular flexibility index (Phi) is 4.93. The molecule has 0 bridgehead atoms. The van der Waals surface area contributed by atoms with Gasteiger partial charge in [0.1, 0.15) is 0 Å². The van der Waals surface area contributed by atoms with Crippen molar-refractivity contribution >= 4 is 39.7 Å². The van der Waals surface area contributed by atoms with Crippen molar-refractivity contribution in [3.63, 3.8) is 0 Å². The topological polar surface area (TPSA) is 41.5 Å². The number of nitrogens with one attached hydrogen (secondary N) is 1. The third-order valence-electron chi connectivity index (χ3n) is 2.60. The Morgan fingerprint density at radius 3 is 2.80 bits per heavy atom. The lowest BCUT2D eigenvalue weighted by Crippen LogP contribution is -2.18. The Labute approximate surface area is 130 Å². The largest absolute Gasteiger partial charge is 0.272 e. The lowest BCUT2D eigenvalue weighted by molar-refractivity contribution is 0.0955. The molecule has 0 saturated carbocycles. The van der Waals surface area contributed by atoms with Crippen LogP contribution in [0.25, 0.3) is 0 Å². The van der Waals surface area contributed by atoms with Gasteiger partial charge < -0.3 is 0 Å². The van der Waals surface area contributed by atoms with Gasteiger partial charge in [0.05, 0.1) is 16.8 Å². The van der Waals surface area contributed by atoms with Crippen molar-refractivity contribution in [1.82, 2.24) is 5.43 Å². The monoisotopic (exact) mass is 350 g/mol. The summed E-state index contributed by atoms with van der Waals surface area (Å²) >= 11 is 9.39. The molecule has 0 atom stereocenters. The van der Waals surface area contributed by atoms with E-state index in [1.165, 1.54) is 0 Å². The van der Waals surface area contributed by atoms with E-state index in [1.54, 1.807) is 18.3 Å². The summed E-state index contributed by atoms with van der Waals surface area (Å²) in [6, 6.07) is 12.9. The van der Waals surface area contributed by atoms with Gasteiger partial charge in [-0.15, -0.1) is 0 Å². The minimum absolute atomic E-state index is 0.332. The van der Waals surface area contributed by atoms with Crippen molar-refractivity contribution in [1.29, 1.82) is 0 Å². The maximum atomic E-state index is 11.9. The van der Waals surface area contributed by atoms with Gasteiger partial charge in [0, 0.05) is 4.47 Å². The van der Waals surface area contributed by atoms with Gasteiger partial charge in [-0.25, -0.2) is 5.43 Å². The van der Waals surface area contributed by atoms with E-state index in [2.05, 4.69) is 26.5 Å². The normalized spacial score (nSPS) is 10.8. The third kappa shape index (κ3) is 3.92. The van der Waals surface area contributed by atoms with Gasteiger partial charge >= 0.3 is 0 Å². The van der Waals surface area contributed by atoms with Gasteiger partial charge in [0.25, 0.3) is 5.91 Å². The number of benzene rings is 2. The third-order valence-corrected chi connectivity index (χ3v) is 3.40. The van der Waals surface area contributed by atoms with Crippen molar-refractivity contribution in [2.75, 3.05) is 0 Å². The van der Waals surface area contributed by atoms with E-state index in [0.29, 0.717) is 10.6 Å². The molecule has 1 N–H and O–H groups in total. The molecule has 2 aromatic carbocycles. The summed E-state index contributed by atoms with van der Waals surface area (Å²) in [7, 11) is 0. The molecule has 2 aromatic rings. The first kappa shape index (κ1) is 14.8. The van der Waals surface area contributed by atoms with Crippen LogP contribution in [-0.2, 0) is 0 Å². The van der Waals surface area contributed by atoms with Crippen molar-refractivity contribution in [3.8, 4) is 0 Å². The Balaban J connectivity index is 2.05. The predicted octanol–water partition coefficient (Wildman–Crippen LogP) is 4.17. The van der Waals surface area contributed by atoms with Crippen LogP contribution < -0.4 is 5.43 Å². The quantitative estimate of drug-likeness (QED) is 0.654. The summed E-state index contributed by atoms with van der Waals surface area (Å²) in [6.07, 6.45) is 1.57. The van der Waals surface area contributed by atoms with Crippen LogP contribution in [0, 0.1) is 6.92 Å². The summed E-state index contributed by atoms with van der Waals surface area (Å²) in [4.78, 5) is 11.9. The smallest absolute Gasteiger partial charge is 0.267 e. The number of nitrogens with zero attached hydrogens (tertiary/aromatic N) is 1. The van der Waals surface area contributed by atoms with E-state index in [9.17, 15) is 4.79 Å². The van der Waals surface area contributed by atoms with Crippen molar-refractivity contribution in [2.45, 2.75) is 6.92 Å². The molecule has 2 rings (SSSR count). The van der Waals surface area contributed by atoms with Gasteiger partial charge in [-0.1, -0.05) is 45.7 Å². The standard InChI is InChI=1S/C15H12BrClN2O/c1-10-5-6-13(14(17)7-10)15(20)19-18-9-11-3-2-4-12(16)8-11/h2-9H,1H3,(H,19,20)/b18-9+. The summed E-state index contributed by atoms with van der Waals surface area (Å²) in [6.45, 7) is 1.92. The van der Waals surface area contributed by atoms with E-state index in [1.807, 2.05) is 37.3 Å². The van der Waals surface area contributed by atoms with Crippen molar-refractivity contribution < 1.29 is 4.79 Å². The lowest BCUT2D eigenvalue weighted by atomic mass is 10.1. The van der Waals surface area contributed by atoms with Crippen LogP contribution in [0.5, 0.6) is 0 Å². The zero-order chi connectivity index (χ0) is 14.5. The van der Waals surface area contributed by atoms with E-state index < -0.39 is 0 Å². The van der Waals surface area contributed by atoms with Crippen molar-refractivity contribution in [2.24, 2.45) is 5.10 Å². The molecular formula is C15H12BrClN2O. The first-order chi connectivity index (χ1) is 9.56. The number of aryl methyl sites for hydroxylation is 1. The summed E-state index contributed by atoms with van der Waals surface area (Å²) in [5, 5.41) is 4.34. The molecule has 20 heavy (non-hydrogen) atoms. The number of carbonyl (C=O) groups is 1. The van der Waals surface area contributed by atoms with Crippen LogP contribution >= 0.6 is 27.5 Å². The van der Waals surface area contributed by atoms with Crippen molar-refractivity contribution in [3.05, 3.63) is 68.7 Å². The minimum atomic E-state index is -0.332. The van der Waals surface area contributed by atoms with Crippen LogP contribution in [0.2, 0.25) is 5.02 Å². The maximum Gasteiger partial charge on any atom is 0.272 e. The fourth-order valence-corrected chi connectivity index (χ4v) is 2.35. The molecule has 5 heteroatoms. The molecule has 0 aliphatic rings. The molecule has 0 aliphatic heterocycles. The van der Waals surface area contributed by atoms with E-state index in [0.717, 1.165) is 15.6 Å². The van der Waals surface area contributed by atoms with Crippen LogP contribution in [0.15, 0.2) is 52.0 Å². The number of amides is 1. The summed E-state index contributed by atoms with van der Waals surface area (Å²) in [5.74, 6) is -0.332. The molecule has 1 amide bonds. The molecule has 0 aliphatic carbocycles. The van der Waals surface area contributed by atoms with Crippen LogP contribution in [0.1, 0.15) is 21.5 Å². The first-order valence-electron chi connectivity index (χ1n) is 5.91. The fraction of sp³-hybridized carbons (Fsp3) is 0.0667. The minimum Gasteiger partial charge on any atom is -0.267 e. The highest BCUT2D eigenvalue weighted by atomic mass is 79.9. The molecule has 3 nitrogen and oxygen atoms in total. The van der Waals surface area contributed by atoms with Gasteiger partial charge in [-0.2, -0.15) is 5.10 Å². The Bertz CT molecular complexity index is 671. The van der Waals surface area contributed by atoms with Crippen LogP contribution in [-0.4, -0.2) is 12.1 Å². The second kappa shape index (κ2) is 6.68. The van der Waals surface area contributed by atoms with Gasteiger partial charge in [-0.05, 0) is 42.3 Å². The Hall–Kier alpha value is -1.65. The maximum absolute atomic E-state index is 11.9. The number of hydrogen-bond donors (Lipinski definition) is 1.